The molecule has 30 heavy (non-hydrogen) atoms. The van der Waals surface area contributed by atoms with Crippen LogP contribution < -0.4 is 20.1 Å². The van der Waals surface area contributed by atoms with E-state index in [1.54, 1.807) is 48.5 Å². The molecule has 0 atom stereocenters. The normalized spacial score (nSPS) is 10.1. The monoisotopic (exact) mass is 414 g/mol. The van der Waals surface area contributed by atoms with E-state index >= 15 is 0 Å². The number of anilines is 1. The molecule has 0 bridgehead atoms. The van der Waals surface area contributed by atoms with Gasteiger partial charge >= 0.3 is 5.97 Å². The van der Waals surface area contributed by atoms with Gasteiger partial charge in [-0.3, -0.25) is 14.4 Å². The molecule has 0 saturated carbocycles. The number of benzene rings is 2. The maximum Gasteiger partial charge on any atom is 0.325 e. The Kier molecular flexibility index (Phi) is 9.18. The summed E-state index contributed by atoms with van der Waals surface area (Å²) in [5.74, 6) is -0.368. The molecule has 0 aliphatic rings. The number of carbonyl (C=O) groups excluding carboxylic acids is 3. The van der Waals surface area contributed by atoms with Gasteiger partial charge in [0.25, 0.3) is 11.8 Å². The van der Waals surface area contributed by atoms with Crippen molar-refractivity contribution in [1.82, 2.24) is 5.32 Å². The molecule has 8 nitrogen and oxygen atoms in total. The Morgan fingerprint density at radius 2 is 1.77 bits per heavy atom. The molecule has 0 radical (unpaired) electrons. The second-order valence-corrected chi connectivity index (χ2v) is 6.35. The van der Waals surface area contributed by atoms with Gasteiger partial charge in [0.15, 0.2) is 6.61 Å². The van der Waals surface area contributed by atoms with Gasteiger partial charge in [-0.1, -0.05) is 19.4 Å². The number of nitrogens with one attached hydrogen (secondary N) is 2. The number of ether oxygens (including phenoxy) is 3. The van der Waals surface area contributed by atoms with Crippen LogP contribution >= 0.6 is 0 Å². The number of amides is 2. The van der Waals surface area contributed by atoms with Crippen LogP contribution in [0.5, 0.6) is 11.5 Å². The number of esters is 1. The second kappa shape index (κ2) is 12.1. The zero-order valence-corrected chi connectivity index (χ0v) is 17.1. The van der Waals surface area contributed by atoms with Crippen molar-refractivity contribution in [2.75, 3.05) is 32.2 Å². The highest BCUT2D eigenvalue weighted by Crippen LogP contribution is 2.16. The van der Waals surface area contributed by atoms with Gasteiger partial charge in [0, 0.05) is 17.3 Å². The molecule has 0 aliphatic carbocycles. The third-order valence-electron chi connectivity index (χ3n) is 3.99. The first-order valence-electron chi connectivity index (χ1n) is 9.62. The maximum atomic E-state index is 12.1. The highest BCUT2D eigenvalue weighted by Gasteiger charge is 2.11. The zero-order valence-electron chi connectivity index (χ0n) is 17.1. The Labute approximate surface area is 175 Å². The van der Waals surface area contributed by atoms with E-state index in [1.165, 1.54) is 7.11 Å². The quantitative estimate of drug-likeness (QED) is 0.433. The minimum absolute atomic E-state index is 0.347. The van der Waals surface area contributed by atoms with Crippen molar-refractivity contribution >= 4 is 23.5 Å². The largest absolute Gasteiger partial charge is 0.497 e. The third-order valence-corrected chi connectivity index (χ3v) is 3.99. The van der Waals surface area contributed by atoms with Crippen LogP contribution in [-0.2, 0) is 14.3 Å². The molecule has 0 fully saturated rings. The summed E-state index contributed by atoms with van der Waals surface area (Å²) in [4.78, 5) is 35.8. The Morgan fingerprint density at radius 1 is 1.00 bits per heavy atom. The van der Waals surface area contributed by atoms with Gasteiger partial charge in [0.2, 0.25) is 0 Å². The molecule has 0 aliphatic heterocycles. The standard InChI is InChI=1S/C22H26N2O6/c1-3-4-12-29-18-10-8-16(9-11-18)22(27)23-14-21(26)30-15-20(25)24-17-6-5-7-19(13-17)28-2/h5-11,13H,3-4,12,14-15H2,1-2H3,(H,23,27)(H,24,25). The summed E-state index contributed by atoms with van der Waals surface area (Å²) in [5, 5.41) is 5.05. The van der Waals surface area contributed by atoms with Gasteiger partial charge in [0.1, 0.15) is 18.0 Å². The summed E-state index contributed by atoms with van der Waals surface area (Å²) >= 11 is 0. The van der Waals surface area contributed by atoms with E-state index in [-0.39, 0.29) is 6.54 Å². The molecule has 2 N–H and O–H groups in total. The van der Waals surface area contributed by atoms with Crippen molar-refractivity contribution in [2.45, 2.75) is 19.8 Å². The van der Waals surface area contributed by atoms with E-state index in [0.717, 1.165) is 12.8 Å². The summed E-state index contributed by atoms with van der Waals surface area (Å²) in [6, 6.07) is 13.4. The van der Waals surface area contributed by atoms with Crippen molar-refractivity contribution in [3.63, 3.8) is 0 Å². The first kappa shape index (κ1) is 22.7. The average molecular weight is 414 g/mol. The zero-order chi connectivity index (χ0) is 21.8. The molecule has 0 heterocycles. The molecule has 2 amide bonds. The highest BCUT2D eigenvalue weighted by molar-refractivity contribution is 5.96. The lowest BCUT2D eigenvalue weighted by molar-refractivity contribution is -0.146. The van der Waals surface area contributed by atoms with Gasteiger partial charge in [-0.25, -0.2) is 0 Å². The molecular weight excluding hydrogens is 388 g/mol. The minimum atomic E-state index is -0.719. The van der Waals surface area contributed by atoms with Crippen molar-refractivity contribution in [1.29, 1.82) is 0 Å². The topological polar surface area (TPSA) is 103 Å². The van der Waals surface area contributed by atoms with Crippen molar-refractivity contribution in [3.05, 3.63) is 54.1 Å². The van der Waals surface area contributed by atoms with Crippen LogP contribution in [0.2, 0.25) is 0 Å². The summed E-state index contributed by atoms with van der Waals surface area (Å²) in [6.07, 6.45) is 2.00. The van der Waals surface area contributed by atoms with E-state index in [2.05, 4.69) is 17.6 Å². The lowest BCUT2D eigenvalue weighted by Gasteiger charge is -2.09. The van der Waals surface area contributed by atoms with Gasteiger partial charge in [-0.2, -0.15) is 0 Å². The average Bonchev–Trinajstić information content (AvgIpc) is 2.76. The fraction of sp³-hybridized carbons (Fsp3) is 0.318. The molecule has 0 aromatic heterocycles. The number of hydrogen-bond donors (Lipinski definition) is 2. The summed E-state index contributed by atoms with van der Waals surface area (Å²) in [5.41, 5.74) is 0.909. The van der Waals surface area contributed by atoms with E-state index in [0.29, 0.717) is 29.4 Å². The van der Waals surface area contributed by atoms with Crippen LogP contribution in [0, 0.1) is 0 Å². The molecule has 160 valence electrons. The Balaban J connectivity index is 1.70. The third kappa shape index (κ3) is 7.83. The first-order chi connectivity index (χ1) is 14.5. The number of hydrogen-bond acceptors (Lipinski definition) is 6. The number of rotatable bonds is 11. The molecular formula is C22H26N2O6. The van der Waals surface area contributed by atoms with Gasteiger partial charge < -0.3 is 24.8 Å². The molecule has 2 aromatic carbocycles. The van der Waals surface area contributed by atoms with Crippen molar-refractivity contribution in [2.24, 2.45) is 0 Å². The van der Waals surface area contributed by atoms with Crippen LogP contribution in [-0.4, -0.2) is 44.7 Å². The fourth-order valence-electron chi connectivity index (χ4n) is 2.39. The Morgan fingerprint density at radius 3 is 2.47 bits per heavy atom. The highest BCUT2D eigenvalue weighted by atomic mass is 16.5. The molecule has 0 unspecified atom stereocenters. The van der Waals surface area contributed by atoms with Crippen LogP contribution in [0.1, 0.15) is 30.1 Å². The minimum Gasteiger partial charge on any atom is -0.497 e. The molecule has 8 heteroatoms. The van der Waals surface area contributed by atoms with Gasteiger partial charge in [-0.15, -0.1) is 0 Å². The first-order valence-corrected chi connectivity index (χ1v) is 9.62. The van der Waals surface area contributed by atoms with Gasteiger partial charge in [-0.05, 0) is 42.8 Å². The van der Waals surface area contributed by atoms with Crippen LogP contribution in [0.25, 0.3) is 0 Å². The summed E-state index contributed by atoms with van der Waals surface area (Å²) in [6.45, 7) is 1.89. The van der Waals surface area contributed by atoms with Gasteiger partial charge in [0.05, 0.1) is 13.7 Å². The van der Waals surface area contributed by atoms with Crippen molar-refractivity contribution < 1.29 is 28.6 Å². The molecule has 2 rings (SSSR count). The number of methoxy groups -OCH3 is 1. The second-order valence-electron chi connectivity index (χ2n) is 6.35. The lowest BCUT2D eigenvalue weighted by atomic mass is 10.2. The summed E-state index contributed by atoms with van der Waals surface area (Å²) < 4.78 is 15.5. The van der Waals surface area contributed by atoms with Crippen molar-refractivity contribution in [3.8, 4) is 11.5 Å². The van der Waals surface area contributed by atoms with E-state index < -0.39 is 24.4 Å². The number of carbonyl (C=O) groups is 3. The Hall–Kier alpha value is -3.55. The molecule has 2 aromatic rings. The Bertz CT molecular complexity index is 851. The molecule has 0 spiro atoms. The predicted molar refractivity (Wildman–Crippen MR) is 112 cm³/mol. The predicted octanol–water partition coefficient (Wildman–Crippen LogP) is 2.79. The van der Waals surface area contributed by atoms with Crippen LogP contribution in [0.4, 0.5) is 5.69 Å². The van der Waals surface area contributed by atoms with E-state index in [1.807, 2.05) is 0 Å². The van der Waals surface area contributed by atoms with Crippen LogP contribution in [0.3, 0.4) is 0 Å². The maximum absolute atomic E-state index is 12.1. The van der Waals surface area contributed by atoms with E-state index in [9.17, 15) is 14.4 Å². The lowest BCUT2D eigenvalue weighted by Crippen LogP contribution is -2.32. The SMILES string of the molecule is CCCCOc1ccc(C(=O)NCC(=O)OCC(=O)Nc2cccc(OC)c2)cc1. The van der Waals surface area contributed by atoms with E-state index in [4.69, 9.17) is 14.2 Å². The molecule has 0 saturated heterocycles. The summed E-state index contributed by atoms with van der Waals surface area (Å²) in [7, 11) is 1.52. The number of unbranched alkanes of at least 4 members (excludes halogenated alkanes) is 1. The van der Waals surface area contributed by atoms with Crippen LogP contribution in [0.15, 0.2) is 48.5 Å². The smallest absolute Gasteiger partial charge is 0.325 e. The fourth-order valence-corrected chi connectivity index (χ4v) is 2.39.